The fourth-order valence-corrected chi connectivity index (χ4v) is 1.93. The number of anilines is 2. The van der Waals surface area contributed by atoms with Gasteiger partial charge in [0.05, 0.1) is 5.56 Å². The molecule has 0 bridgehead atoms. The molecule has 0 heterocycles. The molecule has 0 saturated carbocycles. The molecule has 1 rings (SSSR count). The number of thioether (sulfide) groups is 1. The summed E-state index contributed by atoms with van der Waals surface area (Å²) in [5.41, 5.74) is 12.7. The van der Waals surface area contributed by atoms with Crippen molar-refractivity contribution in [3.8, 4) is 0 Å². The van der Waals surface area contributed by atoms with Crippen LogP contribution in [0.4, 0.5) is 11.4 Å². The van der Waals surface area contributed by atoms with E-state index in [4.69, 9.17) is 11.5 Å². The molecule has 1 aromatic carbocycles. The highest BCUT2D eigenvalue weighted by Crippen LogP contribution is 2.18. The summed E-state index contributed by atoms with van der Waals surface area (Å²) in [6.07, 6.45) is 1.86. The average molecular weight is 251 g/mol. The van der Waals surface area contributed by atoms with Crippen molar-refractivity contribution in [1.29, 1.82) is 0 Å². The molecule has 0 unspecified atom stereocenters. The molecule has 0 atom stereocenters. The largest absolute Gasteiger partial charge is 0.399 e. The van der Waals surface area contributed by atoms with Gasteiger partial charge in [0.25, 0.3) is 5.91 Å². The lowest BCUT2D eigenvalue weighted by Crippen LogP contribution is -2.15. The highest BCUT2D eigenvalue weighted by molar-refractivity contribution is 7.99. The van der Waals surface area contributed by atoms with Gasteiger partial charge < -0.3 is 16.8 Å². The second-order valence-electron chi connectivity index (χ2n) is 3.46. The summed E-state index contributed by atoms with van der Waals surface area (Å²) in [6.45, 7) is 4.40. The van der Waals surface area contributed by atoms with Crippen LogP contribution in [0.1, 0.15) is 10.4 Å². The van der Waals surface area contributed by atoms with Crippen molar-refractivity contribution < 1.29 is 4.79 Å². The fourth-order valence-electron chi connectivity index (χ4n) is 1.35. The van der Waals surface area contributed by atoms with Gasteiger partial charge in [-0.1, -0.05) is 6.08 Å². The van der Waals surface area contributed by atoms with Crippen molar-refractivity contribution in [2.45, 2.75) is 0 Å². The minimum atomic E-state index is -0.453. The minimum Gasteiger partial charge on any atom is -0.399 e. The van der Waals surface area contributed by atoms with E-state index in [0.717, 1.165) is 18.1 Å². The predicted molar refractivity (Wildman–Crippen MR) is 75.4 cm³/mol. The molecule has 0 saturated heterocycles. The first-order valence-electron chi connectivity index (χ1n) is 5.27. The van der Waals surface area contributed by atoms with Gasteiger partial charge >= 0.3 is 0 Å². The molecule has 0 radical (unpaired) electrons. The van der Waals surface area contributed by atoms with Crippen LogP contribution in [0.15, 0.2) is 30.9 Å². The van der Waals surface area contributed by atoms with Crippen molar-refractivity contribution in [2.24, 2.45) is 5.73 Å². The summed E-state index contributed by atoms with van der Waals surface area (Å²) in [4.78, 5) is 11.2. The standard InChI is InChI=1S/C12H17N3OS/c1-2-6-17-7-5-15-11-8-9(13)3-4-10(11)12(14)16/h2-4,8,15H,1,5-7,13H2,(H2,14,16). The first kappa shape index (κ1) is 13.4. The van der Waals surface area contributed by atoms with E-state index in [-0.39, 0.29) is 0 Å². The van der Waals surface area contributed by atoms with Crippen molar-refractivity contribution in [2.75, 3.05) is 29.1 Å². The predicted octanol–water partition coefficient (Wildman–Crippen LogP) is 1.70. The monoisotopic (exact) mass is 251 g/mol. The first-order valence-corrected chi connectivity index (χ1v) is 6.42. The van der Waals surface area contributed by atoms with Gasteiger partial charge in [-0.05, 0) is 18.2 Å². The fraction of sp³-hybridized carbons (Fsp3) is 0.250. The molecule has 1 amide bonds. The summed E-state index contributed by atoms with van der Waals surface area (Å²) < 4.78 is 0. The molecule has 0 aliphatic carbocycles. The van der Waals surface area contributed by atoms with Crippen LogP contribution in [-0.4, -0.2) is 24.0 Å². The van der Waals surface area contributed by atoms with Gasteiger partial charge in [0.2, 0.25) is 0 Å². The lowest BCUT2D eigenvalue weighted by Gasteiger charge is -2.10. The minimum absolute atomic E-state index is 0.453. The molecular formula is C12H17N3OS. The SMILES string of the molecule is C=CCSCCNc1cc(N)ccc1C(N)=O. The quantitative estimate of drug-likeness (QED) is 0.391. The summed E-state index contributed by atoms with van der Waals surface area (Å²) >= 11 is 1.76. The molecule has 17 heavy (non-hydrogen) atoms. The Morgan fingerprint density at radius 1 is 1.53 bits per heavy atom. The number of rotatable bonds is 7. The molecule has 5 N–H and O–H groups in total. The molecule has 0 spiro atoms. The zero-order valence-electron chi connectivity index (χ0n) is 9.61. The third-order valence-corrected chi connectivity index (χ3v) is 3.07. The molecule has 0 fully saturated rings. The van der Waals surface area contributed by atoms with E-state index in [9.17, 15) is 4.79 Å². The summed E-state index contributed by atoms with van der Waals surface area (Å²) in [7, 11) is 0. The second kappa shape index (κ2) is 6.85. The van der Waals surface area contributed by atoms with Crippen LogP contribution in [-0.2, 0) is 0 Å². The molecule has 1 aromatic rings. The number of primary amides is 1. The van der Waals surface area contributed by atoms with Gasteiger partial charge in [0, 0.05) is 29.4 Å². The summed E-state index contributed by atoms with van der Waals surface area (Å²) in [5.74, 6) is 1.39. The van der Waals surface area contributed by atoms with Gasteiger partial charge in [-0.3, -0.25) is 4.79 Å². The van der Waals surface area contributed by atoms with E-state index in [1.165, 1.54) is 0 Å². The van der Waals surface area contributed by atoms with Crippen LogP contribution >= 0.6 is 11.8 Å². The number of amides is 1. The smallest absolute Gasteiger partial charge is 0.250 e. The molecule has 5 heteroatoms. The maximum Gasteiger partial charge on any atom is 0.250 e. The number of hydrogen-bond donors (Lipinski definition) is 3. The van der Waals surface area contributed by atoms with Crippen molar-refractivity contribution in [3.63, 3.8) is 0 Å². The Hall–Kier alpha value is -1.62. The summed E-state index contributed by atoms with van der Waals surface area (Å²) in [5, 5.41) is 3.16. The molecular weight excluding hydrogens is 234 g/mol. The Balaban J connectivity index is 2.59. The lowest BCUT2D eigenvalue weighted by atomic mass is 10.1. The lowest BCUT2D eigenvalue weighted by molar-refractivity contribution is 0.100. The van der Waals surface area contributed by atoms with Crippen molar-refractivity contribution in [3.05, 3.63) is 36.4 Å². The van der Waals surface area contributed by atoms with Crippen LogP contribution in [0.5, 0.6) is 0 Å². The van der Waals surface area contributed by atoms with Crippen LogP contribution in [0.2, 0.25) is 0 Å². The second-order valence-corrected chi connectivity index (χ2v) is 4.61. The first-order chi connectivity index (χ1) is 8.15. The van der Waals surface area contributed by atoms with E-state index in [2.05, 4.69) is 11.9 Å². The number of nitrogens with two attached hydrogens (primary N) is 2. The Labute approximate surface area is 105 Å². The zero-order valence-corrected chi connectivity index (χ0v) is 10.4. The number of benzene rings is 1. The molecule has 92 valence electrons. The zero-order chi connectivity index (χ0) is 12.7. The number of carbonyl (C=O) groups is 1. The van der Waals surface area contributed by atoms with Crippen LogP contribution in [0.25, 0.3) is 0 Å². The number of hydrogen-bond acceptors (Lipinski definition) is 4. The molecule has 0 aliphatic heterocycles. The maximum absolute atomic E-state index is 11.2. The number of nitrogen functional groups attached to an aromatic ring is 1. The highest BCUT2D eigenvalue weighted by atomic mass is 32.2. The van der Waals surface area contributed by atoms with Crippen LogP contribution < -0.4 is 16.8 Å². The van der Waals surface area contributed by atoms with E-state index in [1.807, 2.05) is 6.08 Å². The Morgan fingerprint density at radius 2 is 2.29 bits per heavy atom. The topological polar surface area (TPSA) is 81.1 Å². The van der Waals surface area contributed by atoms with Crippen LogP contribution in [0.3, 0.4) is 0 Å². The van der Waals surface area contributed by atoms with E-state index in [0.29, 0.717) is 16.9 Å². The Kier molecular flexibility index (Phi) is 5.42. The van der Waals surface area contributed by atoms with E-state index < -0.39 is 5.91 Å². The highest BCUT2D eigenvalue weighted by Gasteiger charge is 2.07. The van der Waals surface area contributed by atoms with Gasteiger partial charge in [0.1, 0.15) is 0 Å². The van der Waals surface area contributed by atoms with Crippen molar-refractivity contribution in [1.82, 2.24) is 0 Å². The van der Waals surface area contributed by atoms with Crippen LogP contribution in [0, 0.1) is 0 Å². The van der Waals surface area contributed by atoms with Gasteiger partial charge in [0.15, 0.2) is 0 Å². The average Bonchev–Trinajstić information content (AvgIpc) is 2.28. The van der Waals surface area contributed by atoms with E-state index >= 15 is 0 Å². The number of nitrogens with one attached hydrogen (secondary N) is 1. The van der Waals surface area contributed by atoms with Gasteiger partial charge in [-0.25, -0.2) is 0 Å². The maximum atomic E-state index is 11.2. The Morgan fingerprint density at radius 3 is 2.94 bits per heavy atom. The molecule has 0 aromatic heterocycles. The molecule has 0 aliphatic rings. The third kappa shape index (κ3) is 4.40. The molecule has 4 nitrogen and oxygen atoms in total. The van der Waals surface area contributed by atoms with E-state index in [1.54, 1.807) is 30.0 Å². The van der Waals surface area contributed by atoms with Gasteiger partial charge in [-0.2, -0.15) is 11.8 Å². The third-order valence-electron chi connectivity index (χ3n) is 2.11. The summed E-state index contributed by atoms with van der Waals surface area (Å²) in [6, 6.07) is 5.02. The number of carbonyl (C=O) groups excluding carboxylic acids is 1. The Bertz CT molecular complexity index is 407. The van der Waals surface area contributed by atoms with Gasteiger partial charge in [-0.15, -0.1) is 6.58 Å². The van der Waals surface area contributed by atoms with Crippen molar-refractivity contribution >= 4 is 29.0 Å². The normalized spacial score (nSPS) is 9.88.